The van der Waals surface area contributed by atoms with Gasteiger partial charge in [0.05, 0.1) is 5.56 Å². The van der Waals surface area contributed by atoms with Crippen LogP contribution in [0.3, 0.4) is 0 Å². The number of hydrogen-bond donors (Lipinski definition) is 2. The Morgan fingerprint density at radius 2 is 1.95 bits per heavy atom. The molecular formula is C14H18N2O3. The van der Waals surface area contributed by atoms with E-state index in [2.05, 4.69) is 5.32 Å². The first-order valence-electron chi connectivity index (χ1n) is 6.41. The molecule has 1 saturated carbocycles. The number of amides is 2. The molecule has 0 aliphatic heterocycles. The Morgan fingerprint density at radius 3 is 2.47 bits per heavy atom. The van der Waals surface area contributed by atoms with E-state index in [-0.39, 0.29) is 11.6 Å². The van der Waals surface area contributed by atoms with Gasteiger partial charge in [0.1, 0.15) is 0 Å². The predicted molar refractivity (Wildman–Crippen MR) is 71.3 cm³/mol. The highest BCUT2D eigenvalue weighted by Gasteiger charge is 2.29. The maximum absolute atomic E-state index is 11.7. The average Bonchev–Trinajstić information content (AvgIpc) is 3.22. The van der Waals surface area contributed by atoms with E-state index in [0.717, 1.165) is 18.4 Å². The molecule has 0 spiro atoms. The van der Waals surface area contributed by atoms with Crippen molar-refractivity contribution >= 4 is 12.0 Å². The summed E-state index contributed by atoms with van der Waals surface area (Å²) in [5.74, 6) is -0.925. The number of carboxylic acid groups (broad SMARTS) is 1. The third kappa shape index (κ3) is 3.71. The fraction of sp³-hybridized carbons (Fsp3) is 0.429. The van der Waals surface area contributed by atoms with Gasteiger partial charge in [-0.2, -0.15) is 0 Å². The van der Waals surface area contributed by atoms with Crippen LogP contribution in [0.15, 0.2) is 24.3 Å². The second-order valence-corrected chi connectivity index (χ2v) is 4.83. The Morgan fingerprint density at radius 1 is 1.32 bits per heavy atom. The van der Waals surface area contributed by atoms with Gasteiger partial charge in [-0.1, -0.05) is 12.1 Å². The van der Waals surface area contributed by atoms with Gasteiger partial charge in [0.2, 0.25) is 0 Å². The van der Waals surface area contributed by atoms with Gasteiger partial charge in [-0.15, -0.1) is 0 Å². The van der Waals surface area contributed by atoms with Gasteiger partial charge in [-0.05, 0) is 37.0 Å². The molecule has 19 heavy (non-hydrogen) atoms. The summed E-state index contributed by atoms with van der Waals surface area (Å²) in [6.07, 6.45) is 2.89. The first kappa shape index (κ1) is 13.4. The molecule has 1 aliphatic rings. The summed E-state index contributed by atoms with van der Waals surface area (Å²) in [5, 5.41) is 11.6. The number of rotatable bonds is 5. The predicted octanol–water partition coefficient (Wildman–Crippen LogP) is 1.73. The number of nitrogens with one attached hydrogen (secondary N) is 1. The normalized spacial score (nSPS) is 13.9. The summed E-state index contributed by atoms with van der Waals surface area (Å²) < 4.78 is 0. The number of nitrogens with zero attached hydrogens (tertiary/aromatic N) is 1. The van der Waals surface area contributed by atoms with Crippen LogP contribution < -0.4 is 5.32 Å². The zero-order chi connectivity index (χ0) is 13.8. The van der Waals surface area contributed by atoms with Crippen LogP contribution in [-0.2, 0) is 6.42 Å². The molecule has 2 amide bonds. The van der Waals surface area contributed by atoms with Gasteiger partial charge in [0, 0.05) is 19.6 Å². The number of carbonyl (C=O) groups excluding carboxylic acids is 1. The minimum Gasteiger partial charge on any atom is -0.478 e. The van der Waals surface area contributed by atoms with Crippen molar-refractivity contribution in [2.45, 2.75) is 25.3 Å². The largest absolute Gasteiger partial charge is 0.478 e. The number of aromatic carboxylic acids is 1. The molecule has 0 atom stereocenters. The van der Waals surface area contributed by atoms with Crippen molar-refractivity contribution in [3.63, 3.8) is 0 Å². The van der Waals surface area contributed by atoms with E-state index >= 15 is 0 Å². The Bertz CT molecular complexity index is 466. The minimum atomic E-state index is -0.925. The highest BCUT2D eigenvalue weighted by Crippen LogP contribution is 2.25. The van der Waals surface area contributed by atoms with Crippen LogP contribution in [0.5, 0.6) is 0 Å². The first-order valence-corrected chi connectivity index (χ1v) is 6.41. The Hall–Kier alpha value is -2.04. The molecule has 1 aliphatic carbocycles. The summed E-state index contributed by atoms with van der Waals surface area (Å²) >= 11 is 0. The second-order valence-electron chi connectivity index (χ2n) is 4.83. The third-order valence-electron chi connectivity index (χ3n) is 3.31. The fourth-order valence-corrected chi connectivity index (χ4v) is 1.88. The van der Waals surface area contributed by atoms with Gasteiger partial charge in [0.25, 0.3) is 0 Å². The van der Waals surface area contributed by atoms with E-state index in [9.17, 15) is 9.59 Å². The summed E-state index contributed by atoms with van der Waals surface area (Å²) in [7, 11) is 1.81. The van der Waals surface area contributed by atoms with Crippen LogP contribution in [0.2, 0.25) is 0 Å². The van der Waals surface area contributed by atoms with Crippen LogP contribution in [-0.4, -0.2) is 41.6 Å². The third-order valence-corrected chi connectivity index (χ3v) is 3.31. The van der Waals surface area contributed by atoms with Crippen LogP contribution in [0, 0.1) is 0 Å². The van der Waals surface area contributed by atoms with Crippen LogP contribution in [0.25, 0.3) is 0 Å². The quantitative estimate of drug-likeness (QED) is 0.849. The highest BCUT2D eigenvalue weighted by atomic mass is 16.4. The van der Waals surface area contributed by atoms with E-state index < -0.39 is 5.97 Å². The SMILES string of the molecule is CN(C(=O)NCCc1ccc(C(=O)O)cc1)C1CC1. The Balaban J connectivity index is 1.75. The van der Waals surface area contributed by atoms with Gasteiger partial charge in [0.15, 0.2) is 0 Å². The molecule has 5 heteroatoms. The van der Waals surface area contributed by atoms with Crippen molar-refractivity contribution < 1.29 is 14.7 Å². The monoisotopic (exact) mass is 262 g/mol. The zero-order valence-electron chi connectivity index (χ0n) is 10.9. The topological polar surface area (TPSA) is 69.6 Å². The Labute approximate surface area is 112 Å². The number of benzene rings is 1. The molecule has 1 fully saturated rings. The molecule has 0 bridgehead atoms. The van der Waals surface area contributed by atoms with Gasteiger partial charge >= 0.3 is 12.0 Å². The maximum atomic E-state index is 11.7. The summed E-state index contributed by atoms with van der Waals surface area (Å²) in [4.78, 5) is 24.1. The summed E-state index contributed by atoms with van der Waals surface area (Å²) in [6, 6.07) is 7.09. The van der Waals surface area contributed by atoms with Crippen LogP contribution in [0.4, 0.5) is 4.79 Å². The smallest absolute Gasteiger partial charge is 0.335 e. The molecule has 2 N–H and O–H groups in total. The molecule has 0 heterocycles. The molecule has 0 aromatic heterocycles. The molecule has 1 aromatic rings. The lowest BCUT2D eigenvalue weighted by Gasteiger charge is -2.16. The summed E-state index contributed by atoms with van der Waals surface area (Å²) in [5.41, 5.74) is 1.29. The number of carboxylic acids is 1. The van der Waals surface area contributed by atoms with Crippen molar-refractivity contribution in [1.82, 2.24) is 10.2 Å². The van der Waals surface area contributed by atoms with Crippen LogP contribution >= 0.6 is 0 Å². The molecular weight excluding hydrogens is 244 g/mol. The van der Waals surface area contributed by atoms with E-state index in [0.29, 0.717) is 19.0 Å². The number of carbonyl (C=O) groups is 2. The van der Waals surface area contributed by atoms with E-state index in [4.69, 9.17) is 5.11 Å². The molecule has 1 aromatic carbocycles. The van der Waals surface area contributed by atoms with E-state index in [1.807, 2.05) is 7.05 Å². The highest BCUT2D eigenvalue weighted by molar-refractivity contribution is 5.87. The second kappa shape index (κ2) is 5.73. The van der Waals surface area contributed by atoms with E-state index in [1.54, 1.807) is 29.2 Å². The average molecular weight is 262 g/mol. The van der Waals surface area contributed by atoms with Crippen molar-refractivity contribution in [3.8, 4) is 0 Å². The number of urea groups is 1. The van der Waals surface area contributed by atoms with Gasteiger partial charge in [-0.3, -0.25) is 0 Å². The molecule has 5 nitrogen and oxygen atoms in total. The van der Waals surface area contributed by atoms with Crippen molar-refractivity contribution in [2.75, 3.05) is 13.6 Å². The summed E-state index contributed by atoms with van der Waals surface area (Å²) in [6.45, 7) is 0.558. The zero-order valence-corrected chi connectivity index (χ0v) is 10.9. The molecule has 0 saturated heterocycles. The van der Waals surface area contributed by atoms with E-state index in [1.165, 1.54) is 0 Å². The molecule has 102 valence electrons. The minimum absolute atomic E-state index is 0.0374. The maximum Gasteiger partial charge on any atom is 0.335 e. The lowest BCUT2D eigenvalue weighted by atomic mass is 10.1. The molecule has 0 unspecified atom stereocenters. The Kier molecular flexibility index (Phi) is 4.04. The molecule has 0 radical (unpaired) electrons. The van der Waals surface area contributed by atoms with Crippen molar-refractivity contribution in [1.29, 1.82) is 0 Å². The van der Waals surface area contributed by atoms with Crippen molar-refractivity contribution in [3.05, 3.63) is 35.4 Å². The standard InChI is InChI=1S/C14H18N2O3/c1-16(12-6-7-12)14(19)15-9-8-10-2-4-11(5-3-10)13(17)18/h2-5,12H,6-9H2,1H3,(H,15,19)(H,17,18). The first-order chi connectivity index (χ1) is 9.08. The lowest BCUT2D eigenvalue weighted by Crippen LogP contribution is -2.39. The number of hydrogen-bond acceptors (Lipinski definition) is 2. The van der Waals surface area contributed by atoms with Gasteiger partial charge < -0.3 is 15.3 Å². The molecule has 2 rings (SSSR count). The lowest BCUT2D eigenvalue weighted by molar-refractivity contribution is 0.0697. The van der Waals surface area contributed by atoms with Gasteiger partial charge in [-0.25, -0.2) is 9.59 Å². The van der Waals surface area contributed by atoms with Crippen LogP contribution in [0.1, 0.15) is 28.8 Å². The van der Waals surface area contributed by atoms with Crippen molar-refractivity contribution in [2.24, 2.45) is 0 Å². The fourth-order valence-electron chi connectivity index (χ4n) is 1.88.